The summed E-state index contributed by atoms with van der Waals surface area (Å²) in [4.78, 5) is 25.2. The zero-order valence-electron chi connectivity index (χ0n) is 17.7. The first kappa shape index (κ1) is 20.4. The van der Waals surface area contributed by atoms with E-state index in [0.717, 1.165) is 27.9 Å². The lowest BCUT2D eigenvalue weighted by molar-refractivity contribution is -0.118. The number of amides is 1. The molecule has 0 spiro atoms. The molecule has 156 valence electrons. The standard InChI is InChI=1S/C26H23NO4/c1-16-11-17(2)25(18(3)12-16)27-24(28)15-30-20-9-10-21-23(13-20)31-14-22(26(21)29)19-7-5-4-6-8-19/h4-14H,15H2,1-3H3,(H,27,28). The lowest BCUT2D eigenvalue weighted by Crippen LogP contribution is -2.21. The van der Waals surface area contributed by atoms with E-state index in [0.29, 0.717) is 22.3 Å². The number of aryl methyl sites for hydroxylation is 3. The molecule has 31 heavy (non-hydrogen) atoms. The molecule has 5 heteroatoms. The van der Waals surface area contributed by atoms with Crippen molar-refractivity contribution in [2.75, 3.05) is 11.9 Å². The fourth-order valence-electron chi connectivity index (χ4n) is 3.72. The van der Waals surface area contributed by atoms with Crippen molar-refractivity contribution in [3.63, 3.8) is 0 Å². The van der Waals surface area contributed by atoms with Crippen LogP contribution in [0.15, 0.2) is 76.1 Å². The van der Waals surface area contributed by atoms with E-state index in [1.165, 1.54) is 6.26 Å². The Kier molecular flexibility index (Phi) is 5.58. The number of nitrogens with one attached hydrogen (secondary N) is 1. The zero-order valence-corrected chi connectivity index (χ0v) is 17.7. The van der Waals surface area contributed by atoms with E-state index in [4.69, 9.17) is 9.15 Å². The van der Waals surface area contributed by atoms with Crippen molar-refractivity contribution in [3.8, 4) is 16.9 Å². The summed E-state index contributed by atoms with van der Waals surface area (Å²) in [6.07, 6.45) is 1.46. The van der Waals surface area contributed by atoms with E-state index in [1.54, 1.807) is 18.2 Å². The molecule has 0 atom stereocenters. The van der Waals surface area contributed by atoms with Gasteiger partial charge in [0.15, 0.2) is 12.0 Å². The van der Waals surface area contributed by atoms with Gasteiger partial charge in [0.25, 0.3) is 5.91 Å². The number of rotatable bonds is 5. The van der Waals surface area contributed by atoms with E-state index in [2.05, 4.69) is 5.32 Å². The molecule has 0 aliphatic heterocycles. The Bertz CT molecular complexity index is 1300. The summed E-state index contributed by atoms with van der Waals surface area (Å²) in [5.74, 6) is 0.201. The third-order valence-electron chi connectivity index (χ3n) is 5.14. The number of carbonyl (C=O) groups excluding carboxylic acids is 1. The Hall–Kier alpha value is -3.86. The number of anilines is 1. The highest BCUT2D eigenvalue weighted by atomic mass is 16.5. The van der Waals surface area contributed by atoms with Gasteiger partial charge in [0.05, 0.1) is 10.9 Å². The van der Waals surface area contributed by atoms with Crippen molar-refractivity contribution < 1.29 is 13.9 Å². The van der Waals surface area contributed by atoms with Crippen LogP contribution in [0.4, 0.5) is 5.69 Å². The van der Waals surface area contributed by atoms with E-state index >= 15 is 0 Å². The highest BCUT2D eigenvalue weighted by Gasteiger charge is 2.12. The average Bonchev–Trinajstić information content (AvgIpc) is 2.75. The Labute approximate surface area is 180 Å². The maximum Gasteiger partial charge on any atom is 0.262 e. The van der Waals surface area contributed by atoms with Crippen LogP contribution < -0.4 is 15.5 Å². The molecule has 0 aliphatic rings. The molecule has 0 radical (unpaired) electrons. The van der Waals surface area contributed by atoms with E-state index in [9.17, 15) is 9.59 Å². The summed E-state index contributed by atoms with van der Waals surface area (Å²) in [5.41, 5.74) is 5.58. The number of benzene rings is 3. The summed E-state index contributed by atoms with van der Waals surface area (Å²) in [7, 11) is 0. The second kappa shape index (κ2) is 8.48. The maximum absolute atomic E-state index is 12.8. The lowest BCUT2D eigenvalue weighted by atomic mass is 10.1. The Balaban J connectivity index is 1.50. The second-order valence-corrected chi connectivity index (χ2v) is 7.61. The Morgan fingerprint density at radius 3 is 2.39 bits per heavy atom. The molecule has 3 aromatic carbocycles. The van der Waals surface area contributed by atoms with Crippen LogP contribution in [-0.2, 0) is 4.79 Å². The molecule has 1 aromatic heterocycles. The molecule has 0 fully saturated rings. The van der Waals surface area contributed by atoms with Crippen LogP contribution in [0.3, 0.4) is 0 Å². The van der Waals surface area contributed by atoms with Gasteiger partial charge in [-0.2, -0.15) is 0 Å². The number of hydrogen-bond acceptors (Lipinski definition) is 4. The van der Waals surface area contributed by atoms with Crippen LogP contribution in [0.2, 0.25) is 0 Å². The van der Waals surface area contributed by atoms with Crippen LogP contribution in [0.1, 0.15) is 16.7 Å². The maximum atomic E-state index is 12.8. The van der Waals surface area contributed by atoms with Gasteiger partial charge >= 0.3 is 0 Å². The minimum atomic E-state index is -0.254. The number of ether oxygens (including phenoxy) is 1. The predicted octanol–water partition coefficient (Wildman–Crippen LogP) is 5.40. The second-order valence-electron chi connectivity index (χ2n) is 7.61. The van der Waals surface area contributed by atoms with Gasteiger partial charge in [0.1, 0.15) is 17.6 Å². The largest absolute Gasteiger partial charge is 0.484 e. The highest BCUT2D eigenvalue weighted by Crippen LogP contribution is 2.24. The van der Waals surface area contributed by atoms with Gasteiger partial charge in [-0.25, -0.2) is 0 Å². The van der Waals surface area contributed by atoms with Crippen molar-refractivity contribution in [3.05, 3.63) is 93.8 Å². The van der Waals surface area contributed by atoms with Gasteiger partial charge in [-0.15, -0.1) is 0 Å². The zero-order chi connectivity index (χ0) is 22.0. The lowest BCUT2D eigenvalue weighted by Gasteiger charge is -2.13. The van der Waals surface area contributed by atoms with Crippen molar-refractivity contribution in [2.24, 2.45) is 0 Å². The summed E-state index contributed by atoms with van der Waals surface area (Å²) in [5, 5.41) is 3.37. The fourth-order valence-corrected chi connectivity index (χ4v) is 3.72. The van der Waals surface area contributed by atoms with Crippen LogP contribution in [0, 0.1) is 20.8 Å². The van der Waals surface area contributed by atoms with Crippen molar-refractivity contribution in [1.29, 1.82) is 0 Å². The predicted molar refractivity (Wildman–Crippen MR) is 123 cm³/mol. The van der Waals surface area contributed by atoms with Gasteiger partial charge in [-0.3, -0.25) is 9.59 Å². The normalized spacial score (nSPS) is 10.8. The number of hydrogen-bond donors (Lipinski definition) is 1. The minimum absolute atomic E-state index is 0.109. The van der Waals surface area contributed by atoms with Gasteiger partial charge in [0.2, 0.25) is 0 Å². The third kappa shape index (κ3) is 4.36. The van der Waals surface area contributed by atoms with Crippen molar-refractivity contribution in [2.45, 2.75) is 20.8 Å². The first-order valence-electron chi connectivity index (χ1n) is 10.0. The van der Waals surface area contributed by atoms with Crippen LogP contribution in [0.5, 0.6) is 5.75 Å². The molecule has 1 amide bonds. The summed E-state index contributed by atoms with van der Waals surface area (Å²) >= 11 is 0. The third-order valence-corrected chi connectivity index (χ3v) is 5.14. The van der Waals surface area contributed by atoms with E-state index < -0.39 is 0 Å². The first-order chi connectivity index (χ1) is 14.9. The fraction of sp³-hybridized carbons (Fsp3) is 0.154. The average molecular weight is 413 g/mol. The van der Waals surface area contributed by atoms with Crippen molar-refractivity contribution >= 4 is 22.6 Å². The molecule has 0 saturated heterocycles. The smallest absolute Gasteiger partial charge is 0.262 e. The summed E-state index contributed by atoms with van der Waals surface area (Å²) in [6, 6.07) is 18.4. The molecular weight excluding hydrogens is 390 g/mol. The van der Waals surface area contributed by atoms with E-state index in [1.807, 2.05) is 63.2 Å². The molecule has 4 rings (SSSR count). The highest BCUT2D eigenvalue weighted by molar-refractivity contribution is 5.93. The van der Waals surface area contributed by atoms with Crippen LogP contribution in [-0.4, -0.2) is 12.5 Å². The van der Waals surface area contributed by atoms with Gasteiger partial charge < -0.3 is 14.5 Å². The molecule has 0 unspecified atom stereocenters. The summed E-state index contributed by atoms with van der Waals surface area (Å²) < 4.78 is 11.3. The molecule has 0 saturated carbocycles. The van der Waals surface area contributed by atoms with Gasteiger partial charge in [-0.1, -0.05) is 48.0 Å². The molecule has 1 N–H and O–H groups in total. The van der Waals surface area contributed by atoms with Crippen molar-refractivity contribution in [1.82, 2.24) is 0 Å². The van der Waals surface area contributed by atoms with Gasteiger partial charge in [-0.05, 0) is 49.6 Å². The SMILES string of the molecule is Cc1cc(C)c(NC(=O)COc2ccc3c(=O)c(-c4ccccc4)coc3c2)c(C)c1. The quantitative estimate of drug-likeness (QED) is 0.475. The van der Waals surface area contributed by atoms with Crippen LogP contribution >= 0.6 is 0 Å². The molecule has 4 aromatic rings. The van der Waals surface area contributed by atoms with E-state index in [-0.39, 0.29) is 17.9 Å². The molecule has 5 nitrogen and oxygen atoms in total. The Morgan fingerprint density at radius 2 is 1.68 bits per heavy atom. The molecule has 0 bridgehead atoms. The first-order valence-corrected chi connectivity index (χ1v) is 10.0. The number of carbonyl (C=O) groups is 1. The monoisotopic (exact) mass is 413 g/mol. The Morgan fingerprint density at radius 1 is 0.968 bits per heavy atom. The topological polar surface area (TPSA) is 68.5 Å². The molecule has 1 heterocycles. The number of fused-ring (bicyclic) bond motifs is 1. The summed E-state index contributed by atoms with van der Waals surface area (Å²) in [6.45, 7) is 5.80. The molecular formula is C26H23NO4. The minimum Gasteiger partial charge on any atom is -0.484 e. The van der Waals surface area contributed by atoms with Crippen LogP contribution in [0.25, 0.3) is 22.1 Å². The molecule has 0 aliphatic carbocycles. The van der Waals surface area contributed by atoms with Gasteiger partial charge in [0, 0.05) is 11.8 Å².